The first-order chi connectivity index (χ1) is 11.4. The highest BCUT2D eigenvalue weighted by molar-refractivity contribution is 6.73. The fourth-order valence-corrected chi connectivity index (χ4v) is 9.53. The zero-order valence-electron chi connectivity index (χ0n) is 16.3. The molecule has 3 aliphatic rings. The first kappa shape index (κ1) is 19.2. The van der Waals surface area contributed by atoms with E-state index in [1.807, 2.05) is 6.92 Å². The summed E-state index contributed by atoms with van der Waals surface area (Å²) in [6.45, 7) is 15.5. The standard InChI is InChI=1S/C18H32O6Si/c1-8-21-16(20)12-11-13(19)14-10(23-15(11)12)9-22-25(24-14,17(2,3)4)18(5,6)7/h10-11,13-15,19-20H,8-9H2,1-7H3/b16-12+/t10-,11?,13-,14-,15+/m1/s1. The largest absolute Gasteiger partial charge is 0.481 e. The van der Waals surface area contributed by atoms with Gasteiger partial charge in [0.05, 0.1) is 25.4 Å². The van der Waals surface area contributed by atoms with Gasteiger partial charge in [0.1, 0.15) is 12.2 Å². The fraction of sp³-hybridized carbons (Fsp3) is 0.889. The Hall–Kier alpha value is -0.603. The molecule has 1 aliphatic carbocycles. The molecule has 0 amide bonds. The lowest BCUT2D eigenvalue weighted by molar-refractivity contribution is -0.179. The van der Waals surface area contributed by atoms with Gasteiger partial charge in [-0.05, 0) is 6.92 Å². The zero-order valence-corrected chi connectivity index (χ0v) is 17.3. The molecule has 0 spiro atoms. The van der Waals surface area contributed by atoms with Crippen molar-refractivity contribution in [1.82, 2.24) is 0 Å². The summed E-state index contributed by atoms with van der Waals surface area (Å²) >= 11 is 0. The van der Waals surface area contributed by atoms with Crippen molar-refractivity contribution in [2.24, 2.45) is 5.92 Å². The monoisotopic (exact) mass is 372 g/mol. The summed E-state index contributed by atoms with van der Waals surface area (Å²) in [6.07, 6.45) is -1.78. The fourth-order valence-electron chi connectivity index (χ4n) is 4.57. The minimum absolute atomic E-state index is 0.119. The van der Waals surface area contributed by atoms with Gasteiger partial charge >= 0.3 is 8.56 Å². The van der Waals surface area contributed by atoms with Crippen LogP contribution in [0.3, 0.4) is 0 Å². The maximum Gasteiger partial charge on any atom is 0.349 e. The Kier molecular flexibility index (Phi) is 4.56. The highest BCUT2D eigenvalue weighted by Gasteiger charge is 2.68. The van der Waals surface area contributed by atoms with Crippen LogP contribution in [0, 0.1) is 5.92 Å². The number of aliphatic hydroxyl groups is 2. The van der Waals surface area contributed by atoms with E-state index in [-0.39, 0.29) is 34.1 Å². The number of ether oxygens (including phenoxy) is 2. The van der Waals surface area contributed by atoms with Crippen molar-refractivity contribution in [1.29, 1.82) is 0 Å². The average molecular weight is 373 g/mol. The van der Waals surface area contributed by atoms with Gasteiger partial charge < -0.3 is 28.5 Å². The molecule has 0 aromatic rings. The van der Waals surface area contributed by atoms with E-state index in [1.54, 1.807) is 0 Å². The van der Waals surface area contributed by atoms with Crippen LogP contribution in [0.15, 0.2) is 11.5 Å². The highest BCUT2D eigenvalue weighted by atomic mass is 28.4. The first-order valence-electron chi connectivity index (χ1n) is 9.15. The van der Waals surface area contributed by atoms with Crippen LogP contribution in [-0.4, -0.2) is 56.4 Å². The van der Waals surface area contributed by atoms with Crippen molar-refractivity contribution in [2.75, 3.05) is 13.2 Å². The molecule has 0 radical (unpaired) electrons. The Bertz CT molecular complexity index is 547. The highest BCUT2D eigenvalue weighted by Crippen LogP contribution is 2.58. The molecule has 6 nitrogen and oxygen atoms in total. The van der Waals surface area contributed by atoms with Crippen LogP contribution >= 0.6 is 0 Å². The van der Waals surface area contributed by atoms with Crippen molar-refractivity contribution in [3.05, 3.63) is 11.5 Å². The molecule has 3 rings (SSSR count). The third-order valence-electron chi connectivity index (χ3n) is 5.53. The van der Waals surface area contributed by atoms with E-state index >= 15 is 0 Å². The molecule has 3 fully saturated rings. The summed E-state index contributed by atoms with van der Waals surface area (Å²) in [6, 6.07) is 0. The van der Waals surface area contributed by atoms with Crippen LogP contribution in [0.4, 0.5) is 0 Å². The van der Waals surface area contributed by atoms with Gasteiger partial charge in [-0.25, -0.2) is 0 Å². The van der Waals surface area contributed by atoms with Crippen LogP contribution in [0.1, 0.15) is 48.5 Å². The SMILES string of the molecule is CCO/C(O)=C1\C2[C@@H]1O[C@@H]1CO[Si](C(C)(C)C)(C(C)(C)C)O[C@H]1[C@@H]2O. The number of aliphatic hydroxyl groups excluding tert-OH is 2. The van der Waals surface area contributed by atoms with E-state index in [0.717, 1.165) is 0 Å². The Morgan fingerprint density at radius 1 is 1.20 bits per heavy atom. The minimum atomic E-state index is -2.66. The summed E-state index contributed by atoms with van der Waals surface area (Å²) in [5.74, 6) is -0.371. The Labute approximate surface area is 151 Å². The lowest BCUT2D eigenvalue weighted by Crippen LogP contribution is -2.68. The molecule has 1 saturated carbocycles. The van der Waals surface area contributed by atoms with Crippen LogP contribution in [0.2, 0.25) is 10.1 Å². The van der Waals surface area contributed by atoms with Gasteiger partial charge in [-0.3, -0.25) is 0 Å². The summed E-state index contributed by atoms with van der Waals surface area (Å²) in [7, 11) is -2.66. The summed E-state index contributed by atoms with van der Waals surface area (Å²) < 4.78 is 24.2. The van der Waals surface area contributed by atoms with Gasteiger partial charge in [0.25, 0.3) is 5.95 Å². The van der Waals surface area contributed by atoms with Gasteiger partial charge in [-0.1, -0.05) is 41.5 Å². The lowest BCUT2D eigenvalue weighted by Gasteiger charge is -2.55. The van der Waals surface area contributed by atoms with E-state index < -0.39 is 20.8 Å². The second-order valence-electron chi connectivity index (χ2n) is 9.32. The number of hydrogen-bond donors (Lipinski definition) is 2. The second kappa shape index (κ2) is 5.95. The van der Waals surface area contributed by atoms with Crippen LogP contribution in [-0.2, 0) is 18.3 Å². The molecule has 25 heavy (non-hydrogen) atoms. The third kappa shape index (κ3) is 2.84. The number of hydrogen-bond acceptors (Lipinski definition) is 6. The molecule has 7 heteroatoms. The Balaban J connectivity index is 1.88. The molecule has 2 heterocycles. The van der Waals surface area contributed by atoms with Crippen LogP contribution in [0.25, 0.3) is 0 Å². The van der Waals surface area contributed by atoms with Crippen LogP contribution in [0.5, 0.6) is 0 Å². The molecule has 0 aromatic carbocycles. The summed E-state index contributed by atoms with van der Waals surface area (Å²) in [5.41, 5.74) is 0.645. The lowest BCUT2D eigenvalue weighted by atomic mass is 10.0. The quantitative estimate of drug-likeness (QED) is 0.573. The van der Waals surface area contributed by atoms with Gasteiger partial charge in [0, 0.05) is 21.6 Å². The number of fused-ring (bicyclic) bond motifs is 2. The molecule has 2 aliphatic heterocycles. The topological polar surface area (TPSA) is 77.4 Å². The van der Waals surface area contributed by atoms with Gasteiger partial charge in [0.15, 0.2) is 0 Å². The van der Waals surface area contributed by atoms with Gasteiger partial charge in [0.2, 0.25) is 0 Å². The van der Waals surface area contributed by atoms with Gasteiger partial charge in [-0.15, -0.1) is 0 Å². The van der Waals surface area contributed by atoms with Crippen molar-refractivity contribution >= 4 is 8.56 Å². The Morgan fingerprint density at radius 3 is 2.32 bits per heavy atom. The van der Waals surface area contributed by atoms with Crippen molar-refractivity contribution in [3.63, 3.8) is 0 Å². The minimum Gasteiger partial charge on any atom is -0.481 e. The molecular formula is C18H32O6Si. The van der Waals surface area contributed by atoms with E-state index in [1.165, 1.54) is 0 Å². The normalized spacial score (nSPS) is 39.3. The second-order valence-corrected chi connectivity index (χ2v) is 14.1. The maximum absolute atomic E-state index is 10.9. The maximum atomic E-state index is 10.9. The Morgan fingerprint density at radius 2 is 1.80 bits per heavy atom. The molecular weight excluding hydrogens is 340 g/mol. The molecule has 2 N–H and O–H groups in total. The average Bonchev–Trinajstić information content (AvgIpc) is 3.19. The predicted octanol–water partition coefficient (Wildman–Crippen LogP) is 3.01. The van der Waals surface area contributed by atoms with Gasteiger partial charge in [-0.2, -0.15) is 0 Å². The van der Waals surface area contributed by atoms with Crippen molar-refractivity contribution in [2.45, 2.75) is 83.0 Å². The molecule has 0 aromatic heterocycles. The van der Waals surface area contributed by atoms with E-state index in [4.69, 9.17) is 18.3 Å². The molecule has 0 bridgehead atoms. The van der Waals surface area contributed by atoms with Crippen molar-refractivity contribution < 1.29 is 28.5 Å². The molecule has 144 valence electrons. The smallest absolute Gasteiger partial charge is 0.349 e. The molecule has 5 atom stereocenters. The number of rotatable bonds is 2. The van der Waals surface area contributed by atoms with Crippen molar-refractivity contribution in [3.8, 4) is 0 Å². The van der Waals surface area contributed by atoms with E-state index in [2.05, 4.69) is 41.5 Å². The third-order valence-corrected chi connectivity index (χ3v) is 10.7. The molecule has 1 unspecified atom stereocenters. The van der Waals surface area contributed by atoms with Crippen LogP contribution < -0.4 is 0 Å². The predicted molar refractivity (Wildman–Crippen MR) is 95.4 cm³/mol. The zero-order chi connectivity index (χ0) is 18.8. The first-order valence-corrected chi connectivity index (χ1v) is 11.0. The molecule has 2 saturated heterocycles. The van der Waals surface area contributed by atoms with E-state index in [0.29, 0.717) is 18.8 Å². The summed E-state index contributed by atoms with van der Waals surface area (Å²) in [5, 5.41) is 20.7. The van der Waals surface area contributed by atoms with E-state index in [9.17, 15) is 10.2 Å². The summed E-state index contributed by atoms with van der Waals surface area (Å²) in [4.78, 5) is 0.